The van der Waals surface area contributed by atoms with E-state index < -0.39 is 5.97 Å². The van der Waals surface area contributed by atoms with Crippen LogP contribution < -0.4 is 0 Å². The summed E-state index contributed by atoms with van der Waals surface area (Å²) in [5.41, 5.74) is 0.774. The lowest BCUT2D eigenvalue weighted by atomic mass is 9.89. The number of carbonyl (C=O) groups is 2. The van der Waals surface area contributed by atoms with E-state index >= 15 is 0 Å². The maximum Gasteiger partial charge on any atom is 0.306 e. The Balaban J connectivity index is 1.98. The Morgan fingerprint density at radius 3 is 2.77 bits per heavy atom. The quantitative estimate of drug-likeness (QED) is 0.904. The standard InChI is InChI=1S/C16H24N2O4/c1-10(2)13-8-14(22-17-13)15(19)18-6-4-5-12(9-18)7-11(3)16(20)21/h8,10-12H,4-7,9H2,1-3H3,(H,20,21). The number of piperidine rings is 1. The summed E-state index contributed by atoms with van der Waals surface area (Å²) < 4.78 is 5.16. The highest BCUT2D eigenvalue weighted by atomic mass is 16.5. The minimum atomic E-state index is -0.778. The van der Waals surface area contributed by atoms with Crippen molar-refractivity contribution in [3.05, 3.63) is 17.5 Å². The first-order valence-electron chi connectivity index (χ1n) is 7.87. The average Bonchev–Trinajstić information content (AvgIpc) is 2.96. The van der Waals surface area contributed by atoms with Gasteiger partial charge in [-0.2, -0.15) is 0 Å². The van der Waals surface area contributed by atoms with Crippen LogP contribution in [0.25, 0.3) is 0 Å². The fourth-order valence-corrected chi connectivity index (χ4v) is 2.86. The lowest BCUT2D eigenvalue weighted by Gasteiger charge is -2.32. The molecule has 1 fully saturated rings. The van der Waals surface area contributed by atoms with Gasteiger partial charge in [0, 0.05) is 19.2 Å². The maximum atomic E-state index is 12.5. The Bertz CT molecular complexity index is 538. The SMILES string of the molecule is CC(CC1CCCN(C(=O)c2cc(C(C)C)no2)C1)C(=O)O. The molecule has 1 N–H and O–H groups in total. The predicted molar refractivity (Wildman–Crippen MR) is 80.6 cm³/mol. The van der Waals surface area contributed by atoms with E-state index in [-0.39, 0.29) is 29.4 Å². The third kappa shape index (κ3) is 3.87. The fourth-order valence-electron chi connectivity index (χ4n) is 2.86. The maximum absolute atomic E-state index is 12.5. The number of nitrogens with zero attached hydrogens (tertiary/aromatic N) is 2. The zero-order valence-electron chi connectivity index (χ0n) is 13.4. The summed E-state index contributed by atoms with van der Waals surface area (Å²) in [7, 11) is 0. The van der Waals surface area contributed by atoms with Crippen LogP contribution in [0.4, 0.5) is 0 Å². The molecule has 1 saturated heterocycles. The molecule has 122 valence electrons. The first-order valence-corrected chi connectivity index (χ1v) is 7.87. The molecule has 6 heteroatoms. The van der Waals surface area contributed by atoms with E-state index in [2.05, 4.69) is 5.16 Å². The first-order chi connectivity index (χ1) is 10.4. The summed E-state index contributed by atoms with van der Waals surface area (Å²) >= 11 is 0. The largest absolute Gasteiger partial charge is 0.481 e. The van der Waals surface area contributed by atoms with Gasteiger partial charge in [0.15, 0.2) is 0 Å². The minimum absolute atomic E-state index is 0.146. The molecule has 22 heavy (non-hydrogen) atoms. The molecule has 1 aliphatic heterocycles. The molecule has 1 amide bonds. The molecule has 2 heterocycles. The van der Waals surface area contributed by atoms with Gasteiger partial charge >= 0.3 is 5.97 Å². The fraction of sp³-hybridized carbons (Fsp3) is 0.688. The molecular formula is C16H24N2O4. The van der Waals surface area contributed by atoms with Crippen LogP contribution in [-0.4, -0.2) is 40.1 Å². The topological polar surface area (TPSA) is 83.6 Å². The highest BCUT2D eigenvalue weighted by Gasteiger charge is 2.29. The Labute approximate surface area is 130 Å². The molecule has 0 saturated carbocycles. The number of likely N-dealkylation sites (tertiary alicyclic amines) is 1. The second-order valence-electron chi connectivity index (χ2n) is 6.51. The lowest BCUT2D eigenvalue weighted by Crippen LogP contribution is -2.40. The summed E-state index contributed by atoms with van der Waals surface area (Å²) in [6.45, 7) is 6.99. The molecule has 0 spiro atoms. The van der Waals surface area contributed by atoms with Crippen LogP contribution in [0, 0.1) is 11.8 Å². The van der Waals surface area contributed by atoms with E-state index in [0.29, 0.717) is 19.5 Å². The van der Waals surface area contributed by atoms with Crippen LogP contribution in [0.5, 0.6) is 0 Å². The number of rotatable bonds is 5. The number of carboxylic acid groups (broad SMARTS) is 1. The van der Waals surface area contributed by atoms with Crippen molar-refractivity contribution in [1.82, 2.24) is 10.1 Å². The van der Waals surface area contributed by atoms with Crippen LogP contribution in [0.1, 0.15) is 62.2 Å². The van der Waals surface area contributed by atoms with Gasteiger partial charge in [-0.05, 0) is 31.1 Å². The number of carboxylic acids is 1. The number of aliphatic carboxylic acids is 1. The molecule has 0 aliphatic carbocycles. The van der Waals surface area contributed by atoms with Crippen molar-refractivity contribution < 1.29 is 19.2 Å². The van der Waals surface area contributed by atoms with Gasteiger partial charge in [0.1, 0.15) is 0 Å². The van der Waals surface area contributed by atoms with Gasteiger partial charge in [0.2, 0.25) is 5.76 Å². The third-order valence-corrected chi connectivity index (χ3v) is 4.25. The zero-order valence-corrected chi connectivity index (χ0v) is 13.4. The van der Waals surface area contributed by atoms with Gasteiger partial charge < -0.3 is 14.5 Å². The zero-order chi connectivity index (χ0) is 16.3. The van der Waals surface area contributed by atoms with Crippen LogP contribution in [0.15, 0.2) is 10.6 Å². The normalized spacial score (nSPS) is 20.2. The van der Waals surface area contributed by atoms with Crippen LogP contribution in [0.2, 0.25) is 0 Å². The molecule has 6 nitrogen and oxygen atoms in total. The molecule has 2 unspecified atom stereocenters. The number of aromatic nitrogens is 1. The Kier molecular flexibility index (Phi) is 5.21. The van der Waals surface area contributed by atoms with E-state index in [4.69, 9.17) is 9.63 Å². The van der Waals surface area contributed by atoms with Crippen molar-refractivity contribution in [3.8, 4) is 0 Å². The molecule has 1 aromatic heterocycles. The van der Waals surface area contributed by atoms with Crippen molar-refractivity contribution in [2.75, 3.05) is 13.1 Å². The van der Waals surface area contributed by atoms with Crippen molar-refractivity contribution in [2.24, 2.45) is 11.8 Å². The summed E-state index contributed by atoms with van der Waals surface area (Å²) in [5.74, 6) is -0.576. The Morgan fingerprint density at radius 1 is 1.45 bits per heavy atom. The van der Waals surface area contributed by atoms with Gasteiger partial charge in [0.05, 0.1) is 11.6 Å². The first kappa shape index (κ1) is 16.5. The summed E-state index contributed by atoms with van der Waals surface area (Å²) in [6.07, 6.45) is 2.47. The second-order valence-corrected chi connectivity index (χ2v) is 6.51. The highest BCUT2D eigenvalue weighted by molar-refractivity contribution is 5.91. The van der Waals surface area contributed by atoms with Crippen LogP contribution in [-0.2, 0) is 4.79 Å². The number of hydrogen-bond donors (Lipinski definition) is 1. The molecule has 2 atom stereocenters. The summed E-state index contributed by atoms with van der Waals surface area (Å²) in [5, 5.41) is 12.9. The van der Waals surface area contributed by atoms with Gasteiger partial charge in [-0.3, -0.25) is 9.59 Å². The Morgan fingerprint density at radius 2 is 2.18 bits per heavy atom. The molecular weight excluding hydrogens is 284 g/mol. The van der Waals surface area contributed by atoms with Gasteiger partial charge in [-0.15, -0.1) is 0 Å². The number of amides is 1. The third-order valence-electron chi connectivity index (χ3n) is 4.25. The smallest absolute Gasteiger partial charge is 0.306 e. The van der Waals surface area contributed by atoms with Gasteiger partial charge in [0.25, 0.3) is 5.91 Å². The molecule has 2 rings (SSSR count). The van der Waals surface area contributed by atoms with Gasteiger partial charge in [-0.1, -0.05) is 25.9 Å². The average molecular weight is 308 g/mol. The summed E-state index contributed by atoms with van der Waals surface area (Å²) in [4.78, 5) is 25.2. The summed E-state index contributed by atoms with van der Waals surface area (Å²) in [6, 6.07) is 1.70. The van der Waals surface area contributed by atoms with Crippen molar-refractivity contribution in [2.45, 2.75) is 46.0 Å². The predicted octanol–water partition coefficient (Wildman–Crippen LogP) is 2.76. The Hall–Kier alpha value is -1.85. The van der Waals surface area contributed by atoms with Crippen LogP contribution >= 0.6 is 0 Å². The van der Waals surface area contributed by atoms with Crippen LogP contribution in [0.3, 0.4) is 0 Å². The molecule has 0 aromatic carbocycles. The van der Waals surface area contributed by atoms with E-state index in [0.717, 1.165) is 18.5 Å². The van der Waals surface area contributed by atoms with Crippen molar-refractivity contribution in [3.63, 3.8) is 0 Å². The number of hydrogen-bond acceptors (Lipinski definition) is 4. The lowest BCUT2D eigenvalue weighted by molar-refractivity contribution is -0.141. The molecule has 0 radical (unpaired) electrons. The highest BCUT2D eigenvalue weighted by Crippen LogP contribution is 2.25. The van der Waals surface area contributed by atoms with E-state index in [1.165, 1.54) is 0 Å². The van der Waals surface area contributed by atoms with E-state index in [1.807, 2.05) is 13.8 Å². The van der Waals surface area contributed by atoms with Crippen molar-refractivity contribution >= 4 is 11.9 Å². The van der Waals surface area contributed by atoms with E-state index in [1.54, 1.807) is 17.9 Å². The van der Waals surface area contributed by atoms with Crippen molar-refractivity contribution in [1.29, 1.82) is 0 Å². The molecule has 1 aromatic rings. The van der Waals surface area contributed by atoms with E-state index in [9.17, 15) is 9.59 Å². The second kappa shape index (κ2) is 6.94. The monoisotopic (exact) mass is 308 g/mol. The molecule has 0 bridgehead atoms. The molecule has 1 aliphatic rings. The van der Waals surface area contributed by atoms with Gasteiger partial charge in [-0.25, -0.2) is 0 Å². The number of carbonyl (C=O) groups excluding carboxylic acids is 1. The minimum Gasteiger partial charge on any atom is -0.481 e.